The Hall–Kier alpha value is -1.03. The van der Waals surface area contributed by atoms with Gasteiger partial charge in [0.05, 0.1) is 0 Å². The van der Waals surface area contributed by atoms with E-state index in [4.69, 9.17) is 5.73 Å². The van der Waals surface area contributed by atoms with Gasteiger partial charge in [-0.25, -0.2) is 0 Å². The summed E-state index contributed by atoms with van der Waals surface area (Å²) in [6, 6.07) is 5.62. The lowest BCUT2D eigenvalue weighted by Gasteiger charge is -2.37. The molecular weight excluding hydrogens is 328 g/mol. The number of hydrogen-bond donors (Lipinski definition) is 2. The van der Waals surface area contributed by atoms with Crippen molar-refractivity contribution in [3.05, 3.63) is 28.2 Å². The molecule has 0 saturated heterocycles. The Morgan fingerprint density at radius 1 is 1.38 bits per heavy atom. The molecule has 0 aliphatic heterocycles. The van der Waals surface area contributed by atoms with E-state index in [1.54, 1.807) is 18.2 Å². The lowest BCUT2D eigenvalue weighted by Crippen LogP contribution is -2.45. The maximum absolute atomic E-state index is 12.5. The zero-order chi connectivity index (χ0) is 15.6. The van der Waals surface area contributed by atoms with Crippen LogP contribution in [-0.2, 0) is 0 Å². The van der Waals surface area contributed by atoms with Gasteiger partial charge in [0, 0.05) is 21.8 Å². The van der Waals surface area contributed by atoms with Crippen LogP contribution in [0.25, 0.3) is 0 Å². The van der Waals surface area contributed by atoms with E-state index in [-0.39, 0.29) is 11.9 Å². The lowest BCUT2D eigenvalue weighted by atomic mass is 9.74. The fourth-order valence-corrected chi connectivity index (χ4v) is 3.67. The second-order valence-electron chi connectivity index (χ2n) is 6.64. The molecule has 0 bridgehead atoms. The minimum atomic E-state index is 0.000417. The molecule has 1 amide bonds. The molecule has 3 atom stereocenters. The average molecular weight is 353 g/mol. The van der Waals surface area contributed by atoms with E-state index < -0.39 is 0 Å². The van der Waals surface area contributed by atoms with Crippen LogP contribution in [0.4, 0.5) is 5.69 Å². The third kappa shape index (κ3) is 4.00. The van der Waals surface area contributed by atoms with Gasteiger partial charge in [-0.2, -0.15) is 0 Å². The molecule has 3 N–H and O–H groups in total. The molecule has 21 heavy (non-hydrogen) atoms. The number of benzene rings is 1. The minimum absolute atomic E-state index is 0.000417. The number of nitrogen functional groups attached to an aromatic ring is 1. The Balaban J connectivity index is 2.10. The number of amides is 1. The summed E-state index contributed by atoms with van der Waals surface area (Å²) in [5, 5.41) is 3.24. The van der Waals surface area contributed by atoms with Crippen molar-refractivity contribution in [3.8, 4) is 0 Å². The maximum atomic E-state index is 12.5. The van der Waals surface area contributed by atoms with E-state index in [0.29, 0.717) is 29.0 Å². The summed E-state index contributed by atoms with van der Waals surface area (Å²) in [6.45, 7) is 6.77. The molecule has 4 heteroatoms. The van der Waals surface area contributed by atoms with Gasteiger partial charge in [-0.05, 0) is 64.7 Å². The molecule has 3 unspecified atom stereocenters. The molecule has 3 nitrogen and oxygen atoms in total. The number of halogens is 1. The molecule has 1 aromatic carbocycles. The Morgan fingerprint density at radius 3 is 2.71 bits per heavy atom. The first-order valence-electron chi connectivity index (χ1n) is 7.74. The van der Waals surface area contributed by atoms with Crippen LogP contribution in [0.2, 0.25) is 0 Å². The Bertz CT molecular complexity index is 516. The van der Waals surface area contributed by atoms with E-state index in [0.717, 1.165) is 10.9 Å². The van der Waals surface area contributed by atoms with Gasteiger partial charge in [-0.1, -0.05) is 27.2 Å². The summed E-state index contributed by atoms with van der Waals surface area (Å²) < 4.78 is 0.771. The molecule has 1 aliphatic rings. The summed E-state index contributed by atoms with van der Waals surface area (Å²) in [4.78, 5) is 12.5. The summed E-state index contributed by atoms with van der Waals surface area (Å²) in [6.07, 6.45) is 3.54. The fraction of sp³-hybridized carbons (Fsp3) is 0.588. The van der Waals surface area contributed by atoms with Crippen molar-refractivity contribution in [1.29, 1.82) is 0 Å². The van der Waals surface area contributed by atoms with E-state index >= 15 is 0 Å². The average Bonchev–Trinajstić information content (AvgIpc) is 2.41. The van der Waals surface area contributed by atoms with E-state index in [2.05, 4.69) is 42.0 Å². The van der Waals surface area contributed by atoms with Crippen LogP contribution < -0.4 is 11.1 Å². The third-order valence-corrected chi connectivity index (χ3v) is 5.29. The molecule has 0 spiro atoms. The SMILES string of the molecule is CC1CCC(C(C)C)C(NC(=O)c2ccc(N)c(Br)c2)C1. The first-order valence-corrected chi connectivity index (χ1v) is 8.53. The predicted molar refractivity (Wildman–Crippen MR) is 91.2 cm³/mol. The summed E-state index contributed by atoms with van der Waals surface area (Å²) in [5.41, 5.74) is 7.09. The number of hydrogen-bond acceptors (Lipinski definition) is 2. The zero-order valence-corrected chi connectivity index (χ0v) is 14.6. The molecule has 1 aromatic rings. The van der Waals surface area contributed by atoms with Gasteiger partial charge >= 0.3 is 0 Å². The topological polar surface area (TPSA) is 55.1 Å². The Labute approximate surface area is 135 Å². The molecule has 116 valence electrons. The number of nitrogens with one attached hydrogen (secondary N) is 1. The van der Waals surface area contributed by atoms with Gasteiger partial charge in [0.15, 0.2) is 0 Å². The zero-order valence-electron chi connectivity index (χ0n) is 13.0. The molecule has 0 aromatic heterocycles. The number of nitrogens with two attached hydrogens (primary N) is 1. The van der Waals surface area contributed by atoms with Crippen molar-refractivity contribution in [1.82, 2.24) is 5.32 Å². The summed E-state index contributed by atoms with van der Waals surface area (Å²) in [5.74, 6) is 1.85. The third-order valence-electron chi connectivity index (χ3n) is 4.60. The second kappa shape index (κ2) is 6.82. The van der Waals surface area contributed by atoms with Crippen molar-refractivity contribution in [2.45, 2.75) is 46.1 Å². The number of rotatable bonds is 3. The molecule has 0 heterocycles. The van der Waals surface area contributed by atoms with Crippen molar-refractivity contribution in [2.24, 2.45) is 17.8 Å². The van der Waals surface area contributed by atoms with Gasteiger partial charge in [-0.15, -0.1) is 0 Å². The van der Waals surface area contributed by atoms with Crippen LogP contribution in [0.1, 0.15) is 50.4 Å². The van der Waals surface area contributed by atoms with Crippen LogP contribution in [0.15, 0.2) is 22.7 Å². The highest BCUT2D eigenvalue weighted by Crippen LogP contribution is 2.33. The molecule has 1 fully saturated rings. The summed E-state index contributed by atoms with van der Waals surface area (Å²) >= 11 is 3.38. The first-order chi connectivity index (χ1) is 9.88. The molecule has 0 radical (unpaired) electrons. The largest absolute Gasteiger partial charge is 0.398 e. The Kier molecular flexibility index (Phi) is 5.31. The van der Waals surface area contributed by atoms with Gasteiger partial charge < -0.3 is 11.1 Å². The monoisotopic (exact) mass is 352 g/mol. The van der Waals surface area contributed by atoms with Gasteiger partial charge in [-0.3, -0.25) is 4.79 Å². The number of carbonyl (C=O) groups excluding carboxylic acids is 1. The van der Waals surface area contributed by atoms with Crippen LogP contribution in [0, 0.1) is 17.8 Å². The van der Waals surface area contributed by atoms with Crippen molar-refractivity contribution in [2.75, 3.05) is 5.73 Å². The smallest absolute Gasteiger partial charge is 0.251 e. The van der Waals surface area contributed by atoms with Crippen molar-refractivity contribution < 1.29 is 4.79 Å². The van der Waals surface area contributed by atoms with Crippen molar-refractivity contribution >= 4 is 27.5 Å². The van der Waals surface area contributed by atoms with E-state index in [1.807, 2.05) is 0 Å². The molecule has 2 rings (SSSR count). The lowest BCUT2D eigenvalue weighted by molar-refractivity contribution is 0.0868. The van der Waals surface area contributed by atoms with E-state index in [9.17, 15) is 4.79 Å². The number of carbonyl (C=O) groups is 1. The fourth-order valence-electron chi connectivity index (χ4n) is 3.29. The predicted octanol–water partition coefficient (Wildman–Crippen LogP) is 4.22. The van der Waals surface area contributed by atoms with Crippen LogP contribution in [0.5, 0.6) is 0 Å². The minimum Gasteiger partial charge on any atom is -0.398 e. The maximum Gasteiger partial charge on any atom is 0.251 e. The summed E-state index contributed by atoms with van der Waals surface area (Å²) in [7, 11) is 0. The quantitative estimate of drug-likeness (QED) is 0.800. The van der Waals surface area contributed by atoms with Gasteiger partial charge in [0.2, 0.25) is 0 Å². The molecule has 1 saturated carbocycles. The first kappa shape index (κ1) is 16.3. The van der Waals surface area contributed by atoms with Gasteiger partial charge in [0.25, 0.3) is 5.91 Å². The highest BCUT2D eigenvalue weighted by Gasteiger charge is 2.31. The van der Waals surface area contributed by atoms with Crippen molar-refractivity contribution in [3.63, 3.8) is 0 Å². The normalized spacial score (nSPS) is 25.9. The highest BCUT2D eigenvalue weighted by molar-refractivity contribution is 9.10. The van der Waals surface area contributed by atoms with E-state index in [1.165, 1.54) is 12.8 Å². The number of anilines is 1. The molecular formula is C17H25BrN2O. The highest BCUT2D eigenvalue weighted by atomic mass is 79.9. The van der Waals surface area contributed by atoms with Crippen LogP contribution >= 0.6 is 15.9 Å². The standard InChI is InChI=1S/C17H25BrN2O/c1-10(2)13-6-4-11(3)8-16(13)20-17(21)12-5-7-15(19)14(18)9-12/h5,7,9-11,13,16H,4,6,8,19H2,1-3H3,(H,20,21). The molecule has 1 aliphatic carbocycles. The van der Waals surface area contributed by atoms with Gasteiger partial charge in [0.1, 0.15) is 0 Å². The van der Waals surface area contributed by atoms with Crippen LogP contribution in [-0.4, -0.2) is 11.9 Å². The van der Waals surface area contributed by atoms with Crippen LogP contribution in [0.3, 0.4) is 0 Å². The second-order valence-corrected chi connectivity index (χ2v) is 7.50. The Morgan fingerprint density at radius 2 is 2.10 bits per heavy atom.